The lowest BCUT2D eigenvalue weighted by Gasteiger charge is -2.33. The number of pyridine rings is 1. The van der Waals surface area contributed by atoms with Crippen LogP contribution in [0.25, 0.3) is 0 Å². The highest BCUT2D eigenvalue weighted by molar-refractivity contribution is 7.09. The third-order valence-corrected chi connectivity index (χ3v) is 5.14. The van der Waals surface area contributed by atoms with Crippen LogP contribution in [0.4, 0.5) is 0 Å². The lowest BCUT2D eigenvalue weighted by atomic mass is 10.1. The van der Waals surface area contributed by atoms with Crippen LogP contribution in [0, 0.1) is 6.92 Å². The van der Waals surface area contributed by atoms with Crippen molar-refractivity contribution in [2.24, 2.45) is 0 Å². The summed E-state index contributed by atoms with van der Waals surface area (Å²) >= 11 is 1.49. The first-order chi connectivity index (χ1) is 12.7. The van der Waals surface area contributed by atoms with Gasteiger partial charge < -0.3 is 9.64 Å². The minimum atomic E-state index is -0.0278. The summed E-state index contributed by atoms with van der Waals surface area (Å²) < 4.78 is 7.77. The number of rotatable bonds is 5. The van der Waals surface area contributed by atoms with Crippen molar-refractivity contribution < 1.29 is 9.53 Å². The summed E-state index contributed by atoms with van der Waals surface area (Å²) in [5.74, 6) is 0.717. The van der Waals surface area contributed by atoms with Crippen LogP contribution in [0.5, 0.6) is 5.75 Å². The van der Waals surface area contributed by atoms with Crippen molar-refractivity contribution >= 4 is 17.2 Å². The molecule has 0 aliphatic carbocycles. The Labute approximate surface area is 155 Å². The van der Waals surface area contributed by atoms with Crippen LogP contribution in [0.1, 0.15) is 33.7 Å². The molecule has 3 aromatic rings. The molecule has 1 amide bonds. The summed E-state index contributed by atoms with van der Waals surface area (Å²) in [5.41, 5.74) is 1.55. The molecule has 0 unspecified atom stereocenters. The highest BCUT2D eigenvalue weighted by Gasteiger charge is 2.29. The van der Waals surface area contributed by atoms with Gasteiger partial charge in [0.25, 0.3) is 5.91 Å². The molecule has 7 nitrogen and oxygen atoms in total. The van der Waals surface area contributed by atoms with Crippen molar-refractivity contribution in [3.05, 3.63) is 58.6 Å². The molecule has 0 N–H and O–H groups in total. The topological polar surface area (TPSA) is 73.1 Å². The van der Waals surface area contributed by atoms with Gasteiger partial charge in [0, 0.05) is 30.7 Å². The molecule has 1 aliphatic heterocycles. The minimum absolute atomic E-state index is 0.0278. The van der Waals surface area contributed by atoms with Gasteiger partial charge in [-0.3, -0.25) is 14.5 Å². The zero-order valence-electron chi connectivity index (χ0n) is 14.4. The quantitative estimate of drug-likeness (QED) is 0.691. The van der Waals surface area contributed by atoms with Gasteiger partial charge in [-0.05, 0) is 25.1 Å². The molecule has 0 spiro atoms. The lowest BCUT2D eigenvalue weighted by molar-refractivity contribution is 0.0649. The number of nitrogens with zero attached hydrogens (tertiary/aromatic N) is 5. The van der Waals surface area contributed by atoms with E-state index in [0.717, 1.165) is 22.9 Å². The van der Waals surface area contributed by atoms with Crippen LogP contribution in [0.3, 0.4) is 0 Å². The molecule has 26 heavy (non-hydrogen) atoms. The Morgan fingerprint density at radius 1 is 1.38 bits per heavy atom. The minimum Gasteiger partial charge on any atom is -0.492 e. The highest BCUT2D eigenvalue weighted by Crippen LogP contribution is 2.25. The Morgan fingerprint density at radius 2 is 2.31 bits per heavy atom. The number of aromatic nitrogens is 4. The van der Waals surface area contributed by atoms with Crippen LogP contribution in [-0.2, 0) is 6.54 Å². The van der Waals surface area contributed by atoms with Gasteiger partial charge in [-0.1, -0.05) is 0 Å². The summed E-state index contributed by atoms with van der Waals surface area (Å²) in [7, 11) is 0. The van der Waals surface area contributed by atoms with Crippen molar-refractivity contribution in [1.82, 2.24) is 24.6 Å². The molecule has 1 atom stereocenters. The average Bonchev–Trinajstić information content (AvgIpc) is 3.30. The fourth-order valence-electron chi connectivity index (χ4n) is 3.12. The maximum Gasteiger partial charge on any atom is 0.273 e. The first-order valence-corrected chi connectivity index (χ1v) is 9.35. The zero-order valence-corrected chi connectivity index (χ0v) is 15.2. The fourth-order valence-corrected chi connectivity index (χ4v) is 3.71. The van der Waals surface area contributed by atoms with Gasteiger partial charge >= 0.3 is 0 Å². The molecule has 0 bridgehead atoms. The predicted molar refractivity (Wildman–Crippen MR) is 97.2 cm³/mol. The van der Waals surface area contributed by atoms with Gasteiger partial charge in [0.05, 0.1) is 36.1 Å². The molecule has 0 radical (unpaired) electrons. The predicted octanol–water partition coefficient (Wildman–Crippen LogP) is 2.71. The van der Waals surface area contributed by atoms with Crippen LogP contribution in [0.2, 0.25) is 0 Å². The second kappa shape index (κ2) is 7.25. The van der Waals surface area contributed by atoms with Gasteiger partial charge in [0.1, 0.15) is 11.4 Å². The van der Waals surface area contributed by atoms with E-state index in [0.29, 0.717) is 25.4 Å². The summed E-state index contributed by atoms with van der Waals surface area (Å²) in [6.07, 6.45) is 5.95. The Bertz CT molecular complexity index is 892. The summed E-state index contributed by atoms with van der Waals surface area (Å²) in [6.45, 7) is 3.59. The van der Waals surface area contributed by atoms with E-state index in [-0.39, 0.29) is 11.9 Å². The van der Waals surface area contributed by atoms with Crippen molar-refractivity contribution in [2.75, 3.05) is 13.2 Å². The van der Waals surface area contributed by atoms with Crippen LogP contribution in [0.15, 0.2) is 42.2 Å². The van der Waals surface area contributed by atoms with E-state index in [1.165, 1.54) is 11.3 Å². The van der Waals surface area contributed by atoms with Crippen LogP contribution in [-0.4, -0.2) is 43.7 Å². The second-order valence-corrected chi connectivity index (χ2v) is 7.25. The third-order valence-electron chi connectivity index (χ3n) is 4.36. The number of aryl methyl sites for hydroxylation is 1. The van der Waals surface area contributed by atoms with Crippen molar-refractivity contribution in [1.29, 1.82) is 0 Å². The number of amides is 1. The molecule has 0 fully saturated rings. The highest BCUT2D eigenvalue weighted by atomic mass is 32.1. The van der Waals surface area contributed by atoms with Gasteiger partial charge in [-0.25, -0.2) is 4.98 Å². The molecule has 0 saturated heterocycles. The number of carbonyl (C=O) groups is 1. The van der Waals surface area contributed by atoms with Gasteiger partial charge in [0.2, 0.25) is 0 Å². The van der Waals surface area contributed by atoms with E-state index >= 15 is 0 Å². The fraction of sp³-hybridized carbons (Fsp3) is 0.333. The lowest BCUT2D eigenvalue weighted by Crippen LogP contribution is -2.41. The Hall–Kier alpha value is -2.74. The van der Waals surface area contributed by atoms with Gasteiger partial charge in [0.15, 0.2) is 0 Å². The first kappa shape index (κ1) is 16.7. The van der Waals surface area contributed by atoms with Crippen molar-refractivity contribution in [3.63, 3.8) is 0 Å². The molecule has 0 saturated carbocycles. The standard InChI is InChI=1S/C18H19N5O2S/c1-13-21-17(12-26-13)18(24)22-10-14-4-7-20-23(14)15(11-22)5-8-25-16-3-2-6-19-9-16/h2-4,6-7,9,12,15H,5,8,10-11H2,1H3/t15-/m0/s1. The molecule has 4 heterocycles. The molecule has 8 heteroatoms. The van der Waals surface area contributed by atoms with E-state index in [4.69, 9.17) is 4.74 Å². The van der Waals surface area contributed by atoms with E-state index in [2.05, 4.69) is 15.1 Å². The molecule has 1 aliphatic rings. The summed E-state index contributed by atoms with van der Waals surface area (Å²) in [6, 6.07) is 5.76. The molecule has 0 aromatic carbocycles. The van der Waals surface area contributed by atoms with Gasteiger partial charge in [-0.2, -0.15) is 5.10 Å². The molecule has 3 aromatic heterocycles. The third kappa shape index (κ3) is 3.45. The summed E-state index contributed by atoms with van der Waals surface area (Å²) in [4.78, 5) is 23.0. The average molecular weight is 369 g/mol. The normalized spacial score (nSPS) is 16.3. The number of ether oxygens (including phenoxy) is 1. The molecular weight excluding hydrogens is 350 g/mol. The van der Waals surface area contributed by atoms with Crippen LogP contribution >= 0.6 is 11.3 Å². The Balaban J connectivity index is 1.45. The smallest absolute Gasteiger partial charge is 0.273 e. The number of thiazole rings is 1. The summed E-state index contributed by atoms with van der Waals surface area (Å²) in [5, 5.41) is 7.16. The Kier molecular flexibility index (Phi) is 4.66. The number of hydrogen-bond acceptors (Lipinski definition) is 6. The SMILES string of the molecule is Cc1nc(C(=O)N2Cc3ccnn3[C@@H](CCOc3cccnc3)C2)cs1. The van der Waals surface area contributed by atoms with Crippen molar-refractivity contribution in [2.45, 2.75) is 25.9 Å². The number of hydrogen-bond donors (Lipinski definition) is 0. The monoisotopic (exact) mass is 369 g/mol. The van der Waals surface area contributed by atoms with Gasteiger partial charge in [-0.15, -0.1) is 11.3 Å². The maximum atomic E-state index is 12.8. The molecular formula is C18H19N5O2S. The van der Waals surface area contributed by atoms with E-state index < -0.39 is 0 Å². The van der Waals surface area contributed by atoms with E-state index in [1.54, 1.807) is 18.6 Å². The number of carbonyl (C=O) groups excluding carboxylic acids is 1. The largest absolute Gasteiger partial charge is 0.492 e. The van der Waals surface area contributed by atoms with E-state index in [9.17, 15) is 4.79 Å². The first-order valence-electron chi connectivity index (χ1n) is 8.47. The second-order valence-electron chi connectivity index (χ2n) is 6.18. The molecule has 134 valence electrons. The number of fused-ring (bicyclic) bond motifs is 1. The Morgan fingerprint density at radius 3 is 3.08 bits per heavy atom. The maximum absolute atomic E-state index is 12.8. The van der Waals surface area contributed by atoms with E-state index in [1.807, 2.05) is 40.1 Å². The van der Waals surface area contributed by atoms with Crippen LogP contribution < -0.4 is 4.74 Å². The molecule has 4 rings (SSSR count). The van der Waals surface area contributed by atoms with Crippen molar-refractivity contribution in [3.8, 4) is 5.75 Å². The zero-order chi connectivity index (χ0) is 17.9.